The van der Waals surface area contributed by atoms with Gasteiger partial charge in [0.15, 0.2) is 0 Å². The molecule has 0 bridgehead atoms. The third-order valence-corrected chi connectivity index (χ3v) is 6.94. The van der Waals surface area contributed by atoms with E-state index in [1.807, 2.05) is 4.90 Å². The number of carbonyl (C=O) groups excluding carboxylic acids is 3. The molecule has 12 heteroatoms. The van der Waals surface area contributed by atoms with Gasteiger partial charge in [-0.15, -0.1) is 0 Å². The van der Waals surface area contributed by atoms with Gasteiger partial charge < -0.3 is 29.4 Å². The molecule has 194 valence electrons. The van der Waals surface area contributed by atoms with Crippen molar-refractivity contribution in [3.8, 4) is 5.88 Å². The summed E-state index contributed by atoms with van der Waals surface area (Å²) < 4.78 is 16.4. The van der Waals surface area contributed by atoms with Crippen LogP contribution < -0.4 is 15.4 Å². The van der Waals surface area contributed by atoms with Crippen LogP contribution in [-0.2, 0) is 14.3 Å². The second kappa shape index (κ2) is 10.7. The predicted molar refractivity (Wildman–Crippen MR) is 135 cm³/mol. The number of aromatic nitrogens is 2. The summed E-state index contributed by atoms with van der Waals surface area (Å²) in [6.07, 6.45) is 5.57. The Labute approximate surface area is 217 Å². The van der Waals surface area contributed by atoms with E-state index >= 15 is 0 Å². The van der Waals surface area contributed by atoms with Crippen molar-refractivity contribution in [1.29, 1.82) is 0 Å². The maximum absolute atomic E-state index is 13.4. The highest BCUT2D eigenvalue weighted by Crippen LogP contribution is 2.38. The summed E-state index contributed by atoms with van der Waals surface area (Å²) in [7, 11) is 1.45. The number of rotatable bonds is 6. The monoisotopic (exact) mass is 527 g/mol. The Morgan fingerprint density at radius 3 is 2.65 bits per heavy atom. The molecular formula is C25H26ClN5O6. The van der Waals surface area contributed by atoms with Crippen LogP contribution in [0.15, 0.2) is 35.0 Å². The number of morpholine rings is 1. The lowest BCUT2D eigenvalue weighted by Crippen LogP contribution is -2.49. The number of hydrogen-bond acceptors (Lipinski definition) is 8. The first-order chi connectivity index (χ1) is 17.9. The molecule has 11 nitrogen and oxygen atoms in total. The molecular weight excluding hydrogens is 502 g/mol. The third kappa shape index (κ3) is 5.23. The van der Waals surface area contributed by atoms with E-state index in [9.17, 15) is 14.4 Å². The van der Waals surface area contributed by atoms with E-state index in [0.717, 1.165) is 12.8 Å². The van der Waals surface area contributed by atoms with Gasteiger partial charge in [0, 0.05) is 37.0 Å². The van der Waals surface area contributed by atoms with E-state index in [4.69, 9.17) is 25.5 Å². The number of nitrogens with one attached hydrogen (secondary N) is 2. The molecule has 4 heterocycles. The summed E-state index contributed by atoms with van der Waals surface area (Å²) in [5.74, 6) is -0.734. The van der Waals surface area contributed by atoms with Crippen LogP contribution in [0.2, 0.25) is 5.02 Å². The number of hydrogen-bond donors (Lipinski definition) is 2. The SMILES string of the molecule is COc1nccc2oc(C(=O)Nc3ccc(Cl)cn3)c(NC(=O)[C@H]3CC[C@H](N4CCOCC4=O)CC3)c12. The number of furan rings is 1. The molecule has 3 aromatic rings. The van der Waals surface area contributed by atoms with E-state index < -0.39 is 5.91 Å². The molecule has 2 aliphatic rings. The molecule has 0 aromatic carbocycles. The first-order valence-electron chi connectivity index (χ1n) is 12.0. The molecule has 3 aromatic heterocycles. The van der Waals surface area contributed by atoms with Gasteiger partial charge in [-0.3, -0.25) is 14.4 Å². The van der Waals surface area contributed by atoms with Crippen molar-refractivity contribution in [3.05, 3.63) is 41.4 Å². The molecule has 2 fully saturated rings. The number of fused-ring (bicyclic) bond motifs is 1. The topological polar surface area (TPSA) is 136 Å². The zero-order valence-electron chi connectivity index (χ0n) is 20.2. The molecule has 2 N–H and O–H groups in total. The van der Waals surface area contributed by atoms with Crippen LogP contribution in [0.5, 0.6) is 5.88 Å². The fourth-order valence-electron chi connectivity index (χ4n) is 4.86. The zero-order chi connectivity index (χ0) is 25.9. The maximum atomic E-state index is 13.4. The number of methoxy groups -OCH3 is 1. The van der Waals surface area contributed by atoms with Crippen molar-refractivity contribution in [2.24, 2.45) is 5.92 Å². The second-order valence-corrected chi connectivity index (χ2v) is 9.39. The Morgan fingerprint density at radius 1 is 1.14 bits per heavy atom. The highest BCUT2D eigenvalue weighted by molar-refractivity contribution is 6.30. The number of ether oxygens (including phenoxy) is 2. The minimum atomic E-state index is -0.599. The number of carbonyl (C=O) groups is 3. The lowest BCUT2D eigenvalue weighted by atomic mass is 9.84. The lowest BCUT2D eigenvalue weighted by molar-refractivity contribution is -0.146. The summed E-state index contributed by atoms with van der Waals surface area (Å²) in [5.41, 5.74) is 0.521. The summed E-state index contributed by atoms with van der Waals surface area (Å²) in [6.45, 7) is 1.22. The Morgan fingerprint density at radius 2 is 1.95 bits per heavy atom. The van der Waals surface area contributed by atoms with Crippen LogP contribution in [0, 0.1) is 5.92 Å². The van der Waals surface area contributed by atoms with Gasteiger partial charge in [-0.2, -0.15) is 0 Å². The van der Waals surface area contributed by atoms with Crippen molar-refractivity contribution in [3.63, 3.8) is 0 Å². The molecule has 0 spiro atoms. The van der Waals surface area contributed by atoms with Crippen molar-refractivity contribution < 1.29 is 28.3 Å². The molecule has 0 atom stereocenters. The molecule has 5 rings (SSSR count). The number of halogens is 1. The van der Waals surface area contributed by atoms with Gasteiger partial charge in [-0.1, -0.05) is 11.6 Å². The van der Waals surface area contributed by atoms with Crippen molar-refractivity contribution >= 4 is 51.8 Å². The number of nitrogens with zero attached hydrogens (tertiary/aromatic N) is 3. The average Bonchev–Trinajstić information content (AvgIpc) is 3.29. The maximum Gasteiger partial charge on any atom is 0.294 e. The Hall–Kier alpha value is -3.70. The third-order valence-electron chi connectivity index (χ3n) is 6.71. The molecule has 1 saturated heterocycles. The lowest BCUT2D eigenvalue weighted by Gasteiger charge is -2.38. The summed E-state index contributed by atoms with van der Waals surface area (Å²) in [6, 6.07) is 4.85. The van der Waals surface area contributed by atoms with Crippen LogP contribution in [0.3, 0.4) is 0 Å². The fraction of sp³-hybridized carbons (Fsp3) is 0.400. The standard InChI is InChI=1S/C25H26ClN5O6/c1-35-25-20-17(8-9-27-25)37-22(24(34)29-18-7-4-15(26)12-28-18)21(20)30-23(33)14-2-5-16(6-3-14)31-10-11-36-13-19(31)32/h4,7-9,12,14,16H,2-3,5-6,10-11,13H2,1H3,(H,30,33)(H,28,29,34)/t14-,16-. The van der Waals surface area contributed by atoms with Crippen LogP contribution in [0.1, 0.15) is 36.2 Å². The largest absolute Gasteiger partial charge is 0.480 e. The summed E-state index contributed by atoms with van der Waals surface area (Å²) >= 11 is 5.88. The molecule has 3 amide bonds. The van der Waals surface area contributed by atoms with Crippen LogP contribution in [0.25, 0.3) is 11.0 Å². The zero-order valence-corrected chi connectivity index (χ0v) is 20.9. The molecule has 0 radical (unpaired) electrons. The van der Waals surface area contributed by atoms with Crippen molar-refractivity contribution in [1.82, 2.24) is 14.9 Å². The van der Waals surface area contributed by atoms with Crippen LogP contribution in [0.4, 0.5) is 11.5 Å². The molecule has 0 unspecified atom stereocenters. The Kier molecular flexibility index (Phi) is 7.24. The molecule has 1 aliphatic heterocycles. The van der Waals surface area contributed by atoms with E-state index in [0.29, 0.717) is 42.0 Å². The van der Waals surface area contributed by atoms with E-state index in [1.54, 1.807) is 18.2 Å². The minimum absolute atomic E-state index is 0.00514. The van der Waals surface area contributed by atoms with Crippen molar-refractivity contribution in [2.45, 2.75) is 31.7 Å². The molecule has 1 saturated carbocycles. The van der Waals surface area contributed by atoms with Gasteiger partial charge in [0.2, 0.25) is 23.5 Å². The molecule has 1 aliphatic carbocycles. The Balaban J connectivity index is 1.36. The summed E-state index contributed by atoms with van der Waals surface area (Å²) in [4.78, 5) is 48.9. The summed E-state index contributed by atoms with van der Waals surface area (Å²) in [5, 5.41) is 6.38. The van der Waals surface area contributed by atoms with Gasteiger partial charge in [-0.05, 0) is 37.8 Å². The smallest absolute Gasteiger partial charge is 0.294 e. The van der Waals surface area contributed by atoms with Gasteiger partial charge in [-0.25, -0.2) is 9.97 Å². The van der Waals surface area contributed by atoms with Gasteiger partial charge in [0.05, 0.1) is 18.7 Å². The second-order valence-electron chi connectivity index (χ2n) is 8.95. The van der Waals surface area contributed by atoms with E-state index in [-0.39, 0.29) is 53.5 Å². The number of amides is 3. The Bertz CT molecular complexity index is 1320. The quantitative estimate of drug-likeness (QED) is 0.497. The van der Waals surface area contributed by atoms with Gasteiger partial charge >= 0.3 is 0 Å². The first kappa shape index (κ1) is 25.0. The van der Waals surface area contributed by atoms with E-state index in [2.05, 4.69) is 20.6 Å². The predicted octanol–water partition coefficient (Wildman–Crippen LogP) is 3.49. The molecule has 37 heavy (non-hydrogen) atoms. The first-order valence-corrected chi connectivity index (χ1v) is 12.4. The van der Waals surface area contributed by atoms with Crippen molar-refractivity contribution in [2.75, 3.05) is 37.5 Å². The van der Waals surface area contributed by atoms with Crippen LogP contribution in [-0.4, -0.2) is 65.5 Å². The highest BCUT2D eigenvalue weighted by atomic mass is 35.5. The normalized spacial score (nSPS) is 20.1. The number of anilines is 2. The average molecular weight is 528 g/mol. The van der Waals surface area contributed by atoms with Gasteiger partial charge in [0.1, 0.15) is 29.1 Å². The fourth-order valence-corrected chi connectivity index (χ4v) is 4.98. The number of pyridine rings is 2. The highest BCUT2D eigenvalue weighted by Gasteiger charge is 2.34. The van der Waals surface area contributed by atoms with Crippen LogP contribution >= 0.6 is 11.6 Å². The van der Waals surface area contributed by atoms with E-state index in [1.165, 1.54) is 19.5 Å². The minimum Gasteiger partial charge on any atom is -0.480 e. The van der Waals surface area contributed by atoms with Gasteiger partial charge in [0.25, 0.3) is 5.91 Å².